The number of likely N-dealkylation sites (N-methyl/N-ethyl adjacent to an activating group) is 1. The monoisotopic (exact) mass is 401 g/mol. The van der Waals surface area contributed by atoms with Gasteiger partial charge >= 0.3 is 0 Å². The predicted octanol–water partition coefficient (Wildman–Crippen LogP) is 3.84. The van der Waals surface area contributed by atoms with Gasteiger partial charge in [0.1, 0.15) is 17.6 Å². The van der Waals surface area contributed by atoms with Crippen LogP contribution >= 0.6 is 23.2 Å². The van der Waals surface area contributed by atoms with Crippen LogP contribution in [0.25, 0.3) is 0 Å². The Kier molecular flexibility index (Phi) is 5.43. The van der Waals surface area contributed by atoms with Crippen LogP contribution in [0.2, 0.25) is 10.0 Å². The largest absolute Gasteiger partial charge is 0.486 e. The van der Waals surface area contributed by atoms with Gasteiger partial charge in [-0.1, -0.05) is 48.3 Å². The van der Waals surface area contributed by atoms with Gasteiger partial charge in [0.05, 0.1) is 16.6 Å². The van der Waals surface area contributed by atoms with Gasteiger partial charge in [-0.05, 0) is 24.3 Å². The molecule has 0 N–H and O–H groups in total. The molecule has 0 spiro atoms. The van der Waals surface area contributed by atoms with Crippen molar-refractivity contribution in [3.8, 4) is 11.5 Å². The van der Waals surface area contributed by atoms with E-state index in [-0.39, 0.29) is 34.6 Å². The molecule has 1 atom stereocenters. The summed E-state index contributed by atoms with van der Waals surface area (Å²) in [4.78, 5) is -0.0858. The summed E-state index contributed by atoms with van der Waals surface area (Å²) in [6.45, 7) is 2.40. The first-order valence-electron chi connectivity index (χ1n) is 7.76. The fraction of sp³-hybridized carbons (Fsp3) is 0.294. The normalized spacial score (nSPS) is 16.9. The average Bonchev–Trinajstić information content (AvgIpc) is 2.59. The zero-order valence-electron chi connectivity index (χ0n) is 13.5. The number of halogens is 2. The number of benzene rings is 2. The summed E-state index contributed by atoms with van der Waals surface area (Å²) < 4.78 is 38.8. The number of hydrogen-bond acceptors (Lipinski definition) is 4. The minimum absolute atomic E-state index is 0.0858. The van der Waals surface area contributed by atoms with Crippen molar-refractivity contribution in [1.29, 1.82) is 0 Å². The molecule has 0 amide bonds. The van der Waals surface area contributed by atoms with Crippen molar-refractivity contribution in [2.45, 2.75) is 17.9 Å². The highest BCUT2D eigenvalue weighted by Gasteiger charge is 2.32. The minimum Gasteiger partial charge on any atom is -0.486 e. The summed E-state index contributed by atoms with van der Waals surface area (Å²) in [5.74, 6) is 1.25. The van der Waals surface area contributed by atoms with Gasteiger partial charge in [-0.3, -0.25) is 0 Å². The van der Waals surface area contributed by atoms with Gasteiger partial charge < -0.3 is 9.47 Å². The first-order valence-corrected chi connectivity index (χ1v) is 9.95. The molecule has 25 heavy (non-hydrogen) atoms. The van der Waals surface area contributed by atoms with Crippen LogP contribution in [-0.2, 0) is 10.0 Å². The molecule has 134 valence electrons. The summed E-state index contributed by atoms with van der Waals surface area (Å²) in [6.07, 6.45) is -0.425. The fourth-order valence-electron chi connectivity index (χ4n) is 2.64. The van der Waals surface area contributed by atoms with Gasteiger partial charge in [0.25, 0.3) is 0 Å². The molecule has 3 rings (SSSR count). The zero-order chi connectivity index (χ0) is 18.0. The first kappa shape index (κ1) is 18.3. The topological polar surface area (TPSA) is 55.8 Å². The van der Waals surface area contributed by atoms with E-state index in [9.17, 15) is 8.42 Å². The van der Waals surface area contributed by atoms with Crippen molar-refractivity contribution in [2.75, 3.05) is 19.7 Å². The Hall–Kier alpha value is -1.47. The molecule has 0 radical (unpaired) electrons. The zero-order valence-corrected chi connectivity index (χ0v) is 15.8. The van der Waals surface area contributed by atoms with Gasteiger partial charge in [-0.15, -0.1) is 0 Å². The molecule has 0 aromatic heterocycles. The standard InChI is InChI=1S/C17H17Cl2NO4S/c1-2-20(25(21,22)17-13(18)6-5-7-14(17)19)10-12-11-23-15-8-3-4-9-16(15)24-12/h3-9,12H,2,10-11H2,1H3. The highest BCUT2D eigenvalue weighted by Crippen LogP contribution is 2.33. The van der Waals surface area contributed by atoms with Crippen LogP contribution in [0, 0.1) is 0 Å². The maximum Gasteiger partial charge on any atom is 0.246 e. The van der Waals surface area contributed by atoms with Crippen molar-refractivity contribution in [2.24, 2.45) is 0 Å². The average molecular weight is 402 g/mol. The van der Waals surface area contributed by atoms with Crippen molar-refractivity contribution >= 4 is 33.2 Å². The van der Waals surface area contributed by atoms with E-state index in [2.05, 4.69) is 0 Å². The molecule has 0 saturated carbocycles. The molecule has 0 aliphatic carbocycles. The van der Waals surface area contributed by atoms with Crippen LogP contribution in [0.5, 0.6) is 11.5 Å². The van der Waals surface area contributed by atoms with Crippen molar-refractivity contribution < 1.29 is 17.9 Å². The summed E-state index contributed by atoms with van der Waals surface area (Å²) in [5, 5.41) is 0.189. The summed E-state index contributed by atoms with van der Waals surface area (Å²) in [7, 11) is -3.86. The van der Waals surface area contributed by atoms with Crippen LogP contribution < -0.4 is 9.47 Å². The lowest BCUT2D eigenvalue weighted by molar-refractivity contribution is 0.0771. The molecular weight excluding hydrogens is 385 g/mol. The van der Waals surface area contributed by atoms with E-state index in [1.165, 1.54) is 16.4 Å². The van der Waals surface area contributed by atoms with Gasteiger partial charge in [-0.2, -0.15) is 4.31 Å². The van der Waals surface area contributed by atoms with Crippen molar-refractivity contribution in [3.63, 3.8) is 0 Å². The molecule has 1 aliphatic rings. The number of nitrogens with zero attached hydrogens (tertiary/aromatic N) is 1. The fourth-order valence-corrected chi connectivity index (χ4v) is 5.21. The minimum atomic E-state index is -3.86. The molecule has 0 saturated heterocycles. The van der Waals surface area contributed by atoms with Crippen LogP contribution in [0.1, 0.15) is 6.92 Å². The lowest BCUT2D eigenvalue weighted by Gasteiger charge is -2.30. The Labute approximate surface area is 157 Å². The van der Waals surface area contributed by atoms with E-state index < -0.39 is 16.1 Å². The Morgan fingerprint density at radius 3 is 2.36 bits per heavy atom. The molecule has 0 fully saturated rings. The van der Waals surface area contributed by atoms with Gasteiger partial charge in [-0.25, -0.2) is 8.42 Å². The molecule has 1 unspecified atom stereocenters. The molecule has 5 nitrogen and oxygen atoms in total. The van der Waals surface area contributed by atoms with Gasteiger partial charge in [0.15, 0.2) is 11.5 Å². The smallest absolute Gasteiger partial charge is 0.246 e. The quantitative estimate of drug-likeness (QED) is 0.763. The van der Waals surface area contributed by atoms with E-state index in [4.69, 9.17) is 32.7 Å². The first-order chi connectivity index (χ1) is 11.9. The molecule has 1 heterocycles. The van der Waals surface area contributed by atoms with Crippen LogP contribution in [0.4, 0.5) is 0 Å². The SMILES string of the molecule is CCN(CC1COc2ccccc2O1)S(=O)(=O)c1c(Cl)cccc1Cl. The maximum atomic E-state index is 13.0. The lowest BCUT2D eigenvalue weighted by atomic mass is 10.2. The van der Waals surface area contributed by atoms with Gasteiger partial charge in [0, 0.05) is 6.54 Å². The Morgan fingerprint density at radius 1 is 1.08 bits per heavy atom. The molecular formula is C17H17Cl2NO4S. The number of ether oxygens (including phenoxy) is 2. The summed E-state index contributed by atoms with van der Waals surface area (Å²) in [5.41, 5.74) is 0. The lowest BCUT2D eigenvalue weighted by Crippen LogP contribution is -2.43. The number of rotatable bonds is 5. The third-order valence-electron chi connectivity index (χ3n) is 3.84. The van der Waals surface area contributed by atoms with E-state index in [0.717, 1.165) is 0 Å². The second-order valence-corrected chi connectivity index (χ2v) is 8.19. The second-order valence-electron chi connectivity index (χ2n) is 5.50. The van der Waals surface area contributed by atoms with Crippen LogP contribution in [-0.4, -0.2) is 38.5 Å². The Morgan fingerprint density at radius 2 is 1.72 bits per heavy atom. The van der Waals surface area contributed by atoms with Crippen LogP contribution in [0.3, 0.4) is 0 Å². The number of para-hydroxylation sites is 2. The Balaban J connectivity index is 1.84. The number of fused-ring (bicyclic) bond motifs is 1. The third kappa shape index (κ3) is 3.72. The number of sulfonamides is 1. The molecule has 2 aromatic rings. The van der Waals surface area contributed by atoms with Gasteiger partial charge in [0.2, 0.25) is 10.0 Å². The molecule has 8 heteroatoms. The molecule has 2 aromatic carbocycles. The van der Waals surface area contributed by atoms with Crippen molar-refractivity contribution in [3.05, 3.63) is 52.5 Å². The van der Waals surface area contributed by atoms with Crippen molar-refractivity contribution in [1.82, 2.24) is 4.31 Å². The second kappa shape index (κ2) is 7.41. The molecule has 0 bridgehead atoms. The summed E-state index contributed by atoms with van der Waals surface area (Å²) >= 11 is 12.2. The molecule has 1 aliphatic heterocycles. The third-order valence-corrected chi connectivity index (χ3v) is 6.74. The maximum absolute atomic E-state index is 13.0. The number of hydrogen-bond donors (Lipinski definition) is 0. The van der Waals surface area contributed by atoms with E-state index in [1.54, 1.807) is 19.1 Å². The Bertz CT molecular complexity index is 852. The van der Waals surface area contributed by atoms with Crippen LogP contribution in [0.15, 0.2) is 47.4 Å². The highest BCUT2D eigenvalue weighted by molar-refractivity contribution is 7.89. The van der Waals surface area contributed by atoms with E-state index in [1.807, 2.05) is 18.2 Å². The van der Waals surface area contributed by atoms with E-state index >= 15 is 0 Å². The summed E-state index contributed by atoms with van der Waals surface area (Å²) in [6, 6.07) is 11.9. The highest BCUT2D eigenvalue weighted by atomic mass is 35.5. The van der Waals surface area contributed by atoms with E-state index in [0.29, 0.717) is 11.5 Å². The predicted molar refractivity (Wildman–Crippen MR) is 97.2 cm³/mol.